The van der Waals surface area contributed by atoms with Gasteiger partial charge < -0.3 is 11.1 Å². The highest BCUT2D eigenvalue weighted by molar-refractivity contribution is 7.92. The van der Waals surface area contributed by atoms with Gasteiger partial charge in [0.05, 0.1) is 47.3 Å². The maximum absolute atomic E-state index is 14.6. The number of nitrogens with zero attached hydrogens (tertiary/aromatic N) is 4. The topological polar surface area (TPSA) is 160 Å². The second kappa shape index (κ2) is 11.8. The Hall–Kier alpha value is -4.78. The molecule has 0 spiro atoms. The number of rotatable bonds is 9. The highest BCUT2D eigenvalue weighted by Gasteiger charge is 2.41. The van der Waals surface area contributed by atoms with E-state index in [1.54, 1.807) is 24.3 Å². The third-order valence-electron chi connectivity index (χ3n) is 6.83. The van der Waals surface area contributed by atoms with E-state index >= 15 is 0 Å². The second-order valence-electron chi connectivity index (χ2n) is 9.83. The van der Waals surface area contributed by atoms with Crippen molar-refractivity contribution >= 4 is 27.5 Å². The number of nitriles is 2. The fraction of sp³-hybridized carbons (Fsp3) is 0.241. The van der Waals surface area contributed by atoms with Gasteiger partial charge in [0, 0.05) is 18.7 Å². The molecule has 1 atom stereocenters. The fourth-order valence-electron chi connectivity index (χ4n) is 4.80. The van der Waals surface area contributed by atoms with Gasteiger partial charge in [0.15, 0.2) is 0 Å². The number of nitrogens with two attached hydrogens (primary N) is 1. The van der Waals surface area contributed by atoms with Crippen LogP contribution in [0, 0.1) is 28.5 Å². The van der Waals surface area contributed by atoms with Gasteiger partial charge in [-0.3, -0.25) is 18.8 Å². The van der Waals surface area contributed by atoms with Crippen LogP contribution >= 0.6 is 0 Å². The van der Waals surface area contributed by atoms with Crippen LogP contribution in [0.1, 0.15) is 45.6 Å². The Morgan fingerprint density at radius 2 is 1.51 bits per heavy atom. The number of likely N-dealkylation sites (tertiary alicyclic amines) is 1. The number of anilines is 1. The van der Waals surface area contributed by atoms with Gasteiger partial charge in [0.2, 0.25) is 15.9 Å². The Kier molecular flexibility index (Phi) is 8.38. The highest BCUT2D eigenvalue weighted by Crippen LogP contribution is 2.36. The van der Waals surface area contributed by atoms with Gasteiger partial charge in [-0.2, -0.15) is 10.5 Å². The quantitative estimate of drug-likeness (QED) is 0.397. The third kappa shape index (κ3) is 6.52. The molecule has 0 radical (unpaired) electrons. The summed E-state index contributed by atoms with van der Waals surface area (Å²) in [6.07, 6.45) is 1.01. The number of sulfonamides is 1. The first-order valence-corrected chi connectivity index (χ1v) is 14.4. The number of halogens is 1. The summed E-state index contributed by atoms with van der Waals surface area (Å²) < 4.78 is 41.6. The number of hydrogen-bond donors (Lipinski definition) is 2. The molecule has 1 fully saturated rings. The lowest BCUT2D eigenvalue weighted by Crippen LogP contribution is -2.61. The number of hydrogen-bond acceptors (Lipinski definition) is 7. The largest absolute Gasteiger partial charge is 0.368 e. The van der Waals surface area contributed by atoms with Crippen molar-refractivity contribution in [3.05, 3.63) is 100 Å². The zero-order valence-corrected chi connectivity index (χ0v) is 23.1. The molecule has 1 heterocycles. The summed E-state index contributed by atoms with van der Waals surface area (Å²) in [4.78, 5) is 26.0. The molecule has 0 saturated carbocycles. The summed E-state index contributed by atoms with van der Waals surface area (Å²) >= 11 is 0. The van der Waals surface area contributed by atoms with Gasteiger partial charge in [0.1, 0.15) is 11.9 Å². The monoisotopic (exact) mass is 574 g/mol. The van der Waals surface area contributed by atoms with Crippen LogP contribution < -0.4 is 15.4 Å². The average molecular weight is 575 g/mol. The van der Waals surface area contributed by atoms with E-state index in [0.29, 0.717) is 11.1 Å². The molecule has 0 bridgehead atoms. The minimum atomic E-state index is -3.91. The van der Waals surface area contributed by atoms with Crippen molar-refractivity contribution in [3.63, 3.8) is 0 Å². The summed E-state index contributed by atoms with van der Waals surface area (Å²) in [6, 6.07) is 19.6. The maximum Gasteiger partial charge on any atom is 0.252 e. The molecular weight excluding hydrogens is 547 g/mol. The molecule has 41 heavy (non-hydrogen) atoms. The Balaban J connectivity index is 1.64. The molecule has 3 aromatic carbocycles. The lowest BCUT2D eigenvalue weighted by Gasteiger charge is -2.48. The van der Waals surface area contributed by atoms with E-state index in [4.69, 9.17) is 5.73 Å². The van der Waals surface area contributed by atoms with Gasteiger partial charge in [-0.15, -0.1) is 0 Å². The van der Waals surface area contributed by atoms with Crippen molar-refractivity contribution in [2.75, 3.05) is 23.7 Å². The summed E-state index contributed by atoms with van der Waals surface area (Å²) in [5.41, 5.74) is 7.73. The first-order valence-electron chi connectivity index (χ1n) is 12.6. The lowest BCUT2D eigenvalue weighted by atomic mass is 9.92. The van der Waals surface area contributed by atoms with E-state index in [-0.39, 0.29) is 30.4 Å². The zero-order valence-electron chi connectivity index (χ0n) is 22.3. The molecule has 1 saturated heterocycles. The van der Waals surface area contributed by atoms with Crippen LogP contribution in [0.3, 0.4) is 0 Å². The molecule has 0 aromatic heterocycles. The predicted octanol–water partition coefficient (Wildman–Crippen LogP) is 2.41. The second-order valence-corrected chi connectivity index (χ2v) is 11.7. The molecule has 4 rings (SSSR count). The SMILES string of the molecule is C[C@H](NC(=O)c1cc(F)cc(N(C2CN(C(c3ccc(C#N)cc3)c3ccc(C#N)cc3)C2)S(C)(=O)=O)c1)C(N)=O. The molecule has 3 aromatic rings. The van der Waals surface area contributed by atoms with Gasteiger partial charge in [-0.25, -0.2) is 12.8 Å². The smallest absolute Gasteiger partial charge is 0.252 e. The van der Waals surface area contributed by atoms with Crippen LogP contribution in [0.4, 0.5) is 10.1 Å². The zero-order chi connectivity index (χ0) is 29.9. The van der Waals surface area contributed by atoms with Gasteiger partial charge in [0.25, 0.3) is 5.91 Å². The molecule has 210 valence electrons. The van der Waals surface area contributed by atoms with Crippen molar-refractivity contribution in [2.45, 2.75) is 25.0 Å². The van der Waals surface area contributed by atoms with Crippen molar-refractivity contribution < 1.29 is 22.4 Å². The average Bonchev–Trinajstić information content (AvgIpc) is 2.91. The standard InChI is InChI=1S/C29H27FN6O4S/c1-18(28(33)37)34-29(38)23-11-24(30)13-25(12-23)36(41(2,39)40)26-16-35(17-26)27(21-7-3-19(14-31)4-8-21)22-9-5-20(15-32)6-10-22/h3-13,18,26-27H,16-17H2,1-2H3,(H2,33,37)(H,34,38)/t18-/m0/s1. The first kappa shape index (κ1) is 29.2. The molecule has 2 amide bonds. The van der Waals surface area contributed by atoms with Crippen LogP contribution in [-0.4, -0.2) is 56.6 Å². The van der Waals surface area contributed by atoms with E-state index in [1.165, 1.54) is 13.0 Å². The number of benzene rings is 3. The van der Waals surface area contributed by atoms with Crippen LogP contribution in [-0.2, 0) is 14.8 Å². The Labute approximate surface area is 237 Å². The van der Waals surface area contributed by atoms with Crippen molar-refractivity contribution in [1.82, 2.24) is 10.2 Å². The summed E-state index contributed by atoms with van der Waals surface area (Å²) in [7, 11) is -3.91. The molecule has 1 aliphatic rings. The number of carbonyl (C=O) groups excluding carboxylic acids is 2. The van der Waals surface area contributed by atoms with E-state index < -0.39 is 39.7 Å². The molecular formula is C29H27FN6O4S. The molecule has 3 N–H and O–H groups in total. The van der Waals surface area contributed by atoms with E-state index in [9.17, 15) is 32.9 Å². The molecule has 0 aliphatic carbocycles. The predicted molar refractivity (Wildman–Crippen MR) is 149 cm³/mol. The van der Waals surface area contributed by atoms with Crippen molar-refractivity contribution in [3.8, 4) is 12.1 Å². The van der Waals surface area contributed by atoms with E-state index in [2.05, 4.69) is 17.5 Å². The first-order chi connectivity index (χ1) is 19.4. The normalized spacial score (nSPS) is 14.4. The van der Waals surface area contributed by atoms with Crippen LogP contribution in [0.5, 0.6) is 0 Å². The number of carbonyl (C=O) groups is 2. The Morgan fingerprint density at radius 1 is 1.00 bits per heavy atom. The minimum absolute atomic E-state index is 0.0256. The summed E-state index contributed by atoms with van der Waals surface area (Å²) in [6.45, 7) is 1.92. The maximum atomic E-state index is 14.6. The van der Waals surface area contributed by atoms with Gasteiger partial charge in [-0.05, 0) is 60.5 Å². The van der Waals surface area contributed by atoms with Crippen molar-refractivity contribution in [2.24, 2.45) is 5.73 Å². The number of amides is 2. The third-order valence-corrected chi connectivity index (χ3v) is 8.05. The summed E-state index contributed by atoms with van der Waals surface area (Å²) in [5, 5.41) is 20.8. The number of nitrogens with one attached hydrogen (secondary N) is 1. The minimum Gasteiger partial charge on any atom is -0.368 e. The van der Waals surface area contributed by atoms with Crippen molar-refractivity contribution in [1.29, 1.82) is 10.5 Å². The van der Waals surface area contributed by atoms with Gasteiger partial charge >= 0.3 is 0 Å². The fourth-order valence-corrected chi connectivity index (χ4v) is 5.96. The molecule has 0 unspecified atom stereocenters. The van der Waals surface area contributed by atoms with Gasteiger partial charge in [-0.1, -0.05) is 24.3 Å². The molecule has 10 nitrogen and oxygen atoms in total. The van der Waals surface area contributed by atoms with Crippen LogP contribution in [0.25, 0.3) is 0 Å². The lowest BCUT2D eigenvalue weighted by molar-refractivity contribution is -0.119. The van der Waals surface area contributed by atoms with E-state index in [0.717, 1.165) is 33.8 Å². The Morgan fingerprint density at radius 3 is 1.95 bits per heavy atom. The van der Waals surface area contributed by atoms with E-state index in [1.807, 2.05) is 29.2 Å². The summed E-state index contributed by atoms with van der Waals surface area (Å²) in [5.74, 6) is -2.37. The van der Waals surface area contributed by atoms with Crippen LogP contribution in [0.15, 0.2) is 66.7 Å². The Bertz CT molecular complexity index is 1600. The van der Waals surface area contributed by atoms with Crippen LogP contribution in [0.2, 0.25) is 0 Å². The molecule has 1 aliphatic heterocycles. The number of primary amides is 1. The molecule has 12 heteroatoms. The highest BCUT2D eigenvalue weighted by atomic mass is 32.2.